The van der Waals surface area contributed by atoms with Crippen LogP contribution in [0.5, 0.6) is 5.75 Å². The van der Waals surface area contributed by atoms with Crippen LogP contribution in [0.3, 0.4) is 0 Å². The Labute approximate surface area is 172 Å². The minimum Gasteiger partial charge on any atom is -0.497 e. The van der Waals surface area contributed by atoms with Gasteiger partial charge in [-0.1, -0.05) is 13.8 Å². The fraction of sp³-hybridized carbons (Fsp3) is 0.391. The van der Waals surface area contributed by atoms with Gasteiger partial charge in [-0.2, -0.15) is 0 Å². The number of carbonyl (C=O) groups is 2. The van der Waals surface area contributed by atoms with E-state index in [-0.39, 0.29) is 17.7 Å². The van der Waals surface area contributed by atoms with Crippen molar-refractivity contribution in [2.24, 2.45) is 5.92 Å². The summed E-state index contributed by atoms with van der Waals surface area (Å²) in [5.41, 5.74) is 2.38. The van der Waals surface area contributed by atoms with Crippen LogP contribution >= 0.6 is 0 Å². The molecule has 1 heterocycles. The number of carbonyl (C=O) groups excluding carboxylic acids is 2. The maximum atomic E-state index is 12.8. The SMILES string of the molecule is COc1ccc(C(=O)N[C@@H](C(=O)Nc2ccc(N3CCCC3)cc2)C(C)C)cc1. The van der Waals surface area contributed by atoms with Gasteiger partial charge in [0.2, 0.25) is 5.91 Å². The second-order valence-corrected chi connectivity index (χ2v) is 7.65. The van der Waals surface area contributed by atoms with E-state index in [0.29, 0.717) is 11.3 Å². The van der Waals surface area contributed by atoms with Crippen molar-refractivity contribution >= 4 is 23.2 Å². The van der Waals surface area contributed by atoms with E-state index in [2.05, 4.69) is 15.5 Å². The van der Waals surface area contributed by atoms with Gasteiger partial charge in [0.15, 0.2) is 0 Å². The molecule has 6 nitrogen and oxygen atoms in total. The Morgan fingerprint density at radius 3 is 2.14 bits per heavy atom. The molecule has 3 rings (SSSR count). The first-order valence-electron chi connectivity index (χ1n) is 10.1. The normalized spacial score (nSPS) is 14.6. The number of anilines is 2. The van der Waals surface area contributed by atoms with E-state index in [9.17, 15) is 9.59 Å². The fourth-order valence-electron chi connectivity index (χ4n) is 3.45. The number of benzene rings is 2. The zero-order chi connectivity index (χ0) is 20.8. The zero-order valence-electron chi connectivity index (χ0n) is 17.3. The monoisotopic (exact) mass is 395 g/mol. The molecule has 2 aromatic rings. The fourth-order valence-corrected chi connectivity index (χ4v) is 3.45. The van der Waals surface area contributed by atoms with Crippen molar-refractivity contribution in [1.82, 2.24) is 5.32 Å². The van der Waals surface area contributed by atoms with Gasteiger partial charge in [0, 0.05) is 30.0 Å². The zero-order valence-corrected chi connectivity index (χ0v) is 17.3. The van der Waals surface area contributed by atoms with E-state index >= 15 is 0 Å². The van der Waals surface area contributed by atoms with Gasteiger partial charge < -0.3 is 20.3 Å². The van der Waals surface area contributed by atoms with E-state index in [0.717, 1.165) is 18.8 Å². The summed E-state index contributed by atoms with van der Waals surface area (Å²) in [5.74, 6) is 0.111. The summed E-state index contributed by atoms with van der Waals surface area (Å²) in [7, 11) is 1.58. The molecule has 2 N–H and O–H groups in total. The van der Waals surface area contributed by atoms with Gasteiger partial charge in [0.05, 0.1) is 7.11 Å². The molecule has 1 saturated heterocycles. The Morgan fingerprint density at radius 1 is 0.966 bits per heavy atom. The highest BCUT2D eigenvalue weighted by atomic mass is 16.5. The summed E-state index contributed by atoms with van der Waals surface area (Å²) in [6.07, 6.45) is 2.45. The lowest BCUT2D eigenvalue weighted by molar-refractivity contribution is -0.118. The number of methoxy groups -OCH3 is 1. The van der Waals surface area contributed by atoms with Crippen molar-refractivity contribution in [2.45, 2.75) is 32.7 Å². The molecule has 0 unspecified atom stereocenters. The van der Waals surface area contributed by atoms with Crippen molar-refractivity contribution in [1.29, 1.82) is 0 Å². The third-order valence-corrected chi connectivity index (χ3v) is 5.19. The van der Waals surface area contributed by atoms with E-state index in [1.165, 1.54) is 18.5 Å². The van der Waals surface area contributed by atoms with E-state index in [1.807, 2.05) is 38.1 Å². The van der Waals surface area contributed by atoms with E-state index in [1.54, 1.807) is 31.4 Å². The smallest absolute Gasteiger partial charge is 0.251 e. The predicted octanol–water partition coefficient (Wildman–Crippen LogP) is 3.69. The van der Waals surface area contributed by atoms with Crippen molar-refractivity contribution in [2.75, 3.05) is 30.4 Å². The predicted molar refractivity (Wildman–Crippen MR) is 116 cm³/mol. The topological polar surface area (TPSA) is 70.7 Å². The average Bonchev–Trinajstić information content (AvgIpc) is 3.27. The Morgan fingerprint density at radius 2 is 1.59 bits per heavy atom. The lowest BCUT2D eigenvalue weighted by atomic mass is 10.0. The Balaban J connectivity index is 1.63. The third-order valence-electron chi connectivity index (χ3n) is 5.19. The lowest BCUT2D eigenvalue weighted by Crippen LogP contribution is -2.47. The summed E-state index contributed by atoms with van der Waals surface area (Å²) < 4.78 is 5.11. The molecule has 2 aromatic carbocycles. The maximum absolute atomic E-state index is 12.8. The first-order chi connectivity index (χ1) is 14.0. The average molecular weight is 396 g/mol. The van der Waals surface area contributed by atoms with Crippen LogP contribution in [-0.4, -0.2) is 38.1 Å². The number of ether oxygens (including phenoxy) is 1. The molecule has 0 radical (unpaired) electrons. The van der Waals surface area contributed by atoms with Crippen LogP contribution in [0.2, 0.25) is 0 Å². The molecule has 154 valence electrons. The van der Waals surface area contributed by atoms with Crippen LogP contribution < -0.4 is 20.3 Å². The number of hydrogen-bond donors (Lipinski definition) is 2. The van der Waals surface area contributed by atoms with Crippen molar-refractivity contribution in [3.05, 3.63) is 54.1 Å². The van der Waals surface area contributed by atoms with Crippen LogP contribution in [0.15, 0.2) is 48.5 Å². The van der Waals surface area contributed by atoms with Crippen molar-refractivity contribution in [3.63, 3.8) is 0 Å². The Bertz CT molecular complexity index is 825. The summed E-state index contributed by atoms with van der Waals surface area (Å²) in [6.45, 7) is 5.99. The second kappa shape index (κ2) is 9.45. The summed E-state index contributed by atoms with van der Waals surface area (Å²) >= 11 is 0. The van der Waals surface area contributed by atoms with E-state index in [4.69, 9.17) is 4.74 Å². The molecule has 6 heteroatoms. The van der Waals surface area contributed by atoms with Gasteiger partial charge in [-0.15, -0.1) is 0 Å². The molecule has 1 aliphatic heterocycles. The standard InChI is InChI=1S/C23H29N3O3/c1-16(2)21(25-22(27)17-6-12-20(29-3)13-7-17)23(28)24-18-8-10-19(11-9-18)26-14-4-5-15-26/h6-13,16,21H,4-5,14-15H2,1-3H3,(H,24,28)(H,25,27)/t21-/m1/s1. The number of nitrogens with zero attached hydrogens (tertiary/aromatic N) is 1. The third kappa shape index (κ3) is 5.28. The van der Waals surface area contributed by atoms with Gasteiger partial charge in [0.25, 0.3) is 5.91 Å². The molecule has 1 fully saturated rings. The molecule has 1 atom stereocenters. The Kier molecular flexibility index (Phi) is 6.75. The minimum atomic E-state index is -0.636. The van der Waals surface area contributed by atoms with Crippen LogP contribution in [0, 0.1) is 5.92 Å². The van der Waals surface area contributed by atoms with Crippen LogP contribution in [-0.2, 0) is 4.79 Å². The molecular weight excluding hydrogens is 366 g/mol. The van der Waals surface area contributed by atoms with Crippen LogP contribution in [0.1, 0.15) is 37.0 Å². The summed E-state index contributed by atoms with van der Waals surface area (Å²) in [5, 5.41) is 5.77. The lowest BCUT2D eigenvalue weighted by Gasteiger charge is -2.22. The molecule has 0 saturated carbocycles. The molecule has 29 heavy (non-hydrogen) atoms. The first-order valence-corrected chi connectivity index (χ1v) is 10.1. The summed E-state index contributed by atoms with van der Waals surface area (Å²) in [6, 6.07) is 14.1. The molecule has 0 aromatic heterocycles. The quantitative estimate of drug-likeness (QED) is 0.750. The molecule has 1 aliphatic rings. The number of nitrogens with one attached hydrogen (secondary N) is 2. The largest absolute Gasteiger partial charge is 0.497 e. The first kappa shape index (κ1) is 20.7. The van der Waals surface area contributed by atoms with Crippen molar-refractivity contribution < 1.29 is 14.3 Å². The molecule has 2 amide bonds. The van der Waals surface area contributed by atoms with Crippen LogP contribution in [0.25, 0.3) is 0 Å². The molecular formula is C23H29N3O3. The number of hydrogen-bond acceptors (Lipinski definition) is 4. The molecule has 0 bridgehead atoms. The highest BCUT2D eigenvalue weighted by Gasteiger charge is 2.25. The van der Waals surface area contributed by atoms with Crippen LogP contribution in [0.4, 0.5) is 11.4 Å². The van der Waals surface area contributed by atoms with Crippen molar-refractivity contribution in [3.8, 4) is 5.75 Å². The van der Waals surface area contributed by atoms with Gasteiger partial charge in [-0.3, -0.25) is 9.59 Å². The van der Waals surface area contributed by atoms with E-state index < -0.39 is 6.04 Å². The van der Waals surface area contributed by atoms with Gasteiger partial charge >= 0.3 is 0 Å². The summed E-state index contributed by atoms with van der Waals surface area (Å²) in [4.78, 5) is 27.7. The highest BCUT2D eigenvalue weighted by molar-refractivity contribution is 6.01. The number of rotatable bonds is 7. The molecule has 0 spiro atoms. The number of amides is 2. The minimum absolute atomic E-state index is 0.0546. The highest BCUT2D eigenvalue weighted by Crippen LogP contribution is 2.22. The maximum Gasteiger partial charge on any atom is 0.251 e. The molecule has 0 aliphatic carbocycles. The van der Waals surface area contributed by atoms with Gasteiger partial charge in [0.1, 0.15) is 11.8 Å². The Hall–Kier alpha value is -3.02. The second-order valence-electron chi connectivity index (χ2n) is 7.65. The van der Waals surface area contributed by atoms with Gasteiger partial charge in [-0.05, 0) is 67.3 Å². The van der Waals surface area contributed by atoms with Gasteiger partial charge in [-0.25, -0.2) is 0 Å².